The number of nitrogens with zero attached hydrogens (tertiary/aromatic N) is 5. The van der Waals surface area contributed by atoms with E-state index < -0.39 is 0 Å². The number of hydrogen-bond donors (Lipinski definition) is 1. The molecule has 1 aromatic carbocycles. The van der Waals surface area contributed by atoms with Crippen LogP contribution in [0.5, 0.6) is 0 Å². The zero-order valence-corrected chi connectivity index (χ0v) is 15.4. The van der Waals surface area contributed by atoms with Crippen LogP contribution in [0.15, 0.2) is 56.5 Å². The normalized spacial score (nSPS) is 14.0. The molecule has 7 heteroatoms. The molecule has 0 heterocycles. The van der Waals surface area contributed by atoms with E-state index in [-0.39, 0.29) is 6.04 Å². The van der Waals surface area contributed by atoms with Crippen molar-refractivity contribution in [2.24, 2.45) is 20.5 Å². The second kappa shape index (κ2) is 11.3. The number of allylic oxidation sites excluding steroid dienone is 1. The van der Waals surface area contributed by atoms with E-state index in [2.05, 4.69) is 38.9 Å². The van der Waals surface area contributed by atoms with E-state index in [4.69, 9.17) is 11.6 Å². The molecule has 0 fully saturated rings. The van der Waals surface area contributed by atoms with E-state index >= 15 is 0 Å². The molecule has 0 bridgehead atoms. The summed E-state index contributed by atoms with van der Waals surface area (Å²) in [6.07, 6.45) is 5.98. The second-order valence-electron chi connectivity index (χ2n) is 5.22. The van der Waals surface area contributed by atoms with E-state index in [0.29, 0.717) is 0 Å². The third-order valence-corrected chi connectivity index (χ3v) is 3.70. The lowest BCUT2D eigenvalue weighted by Crippen LogP contribution is -2.26. The summed E-state index contributed by atoms with van der Waals surface area (Å²) in [5.74, 6) is 0. The fourth-order valence-corrected chi connectivity index (χ4v) is 2.06. The SMILES string of the molecule is CC=N/C=N\N=N/N(C)CCC(Nc1ccc(Cl)cc1)/C(C)=C/C. The van der Waals surface area contributed by atoms with Crippen molar-refractivity contribution in [2.75, 3.05) is 18.9 Å². The van der Waals surface area contributed by atoms with Gasteiger partial charge in [-0.2, -0.15) is 0 Å². The summed E-state index contributed by atoms with van der Waals surface area (Å²) in [6, 6.07) is 7.92. The van der Waals surface area contributed by atoms with Crippen molar-refractivity contribution in [3.8, 4) is 0 Å². The Balaban J connectivity index is 2.58. The van der Waals surface area contributed by atoms with Crippen LogP contribution in [0.1, 0.15) is 27.2 Å². The zero-order chi connectivity index (χ0) is 17.8. The fourth-order valence-electron chi connectivity index (χ4n) is 1.93. The van der Waals surface area contributed by atoms with Crippen molar-refractivity contribution in [3.63, 3.8) is 0 Å². The molecule has 0 saturated carbocycles. The molecule has 0 radical (unpaired) electrons. The van der Waals surface area contributed by atoms with Gasteiger partial charge in [0.2, 0.25) is 0 Å². The first kappa shape index (κ1) is 19.8. The van der Waals surface area contributed by atoms with Gasteiger partial charge in [-0.25, -0.2) is 4.99 Å². The van der Waals surface area contributed by atoms with Gasteiger partial charge in [0.05, 0.1) is 0 Å². The van der Waals surface area contributed by atoms with E-state index in [1.54, 1.807) is 11.2 Å². The smallest absolute Gasteiger partial charge is 0.139 e. The summed E-state index contributed by atoms with van der Waals surface area (Å²) in [6.45, 7) is 6.71. The molecule has 1 unspecified atom stereocenters. The summed E-state index contributed by atoms with van der Waals surface area (Å²) in [7, 11) is 1.87. The van der Waals surface area contributed by atoms with Crippen molar-refractivity contribution in [2.45, 2.75) is 33.2 Å². The monoisotopic (exact) mass is 348 g/mol. The summed E-state index contributed by atoms with van der Waals surface area (Å²) in [5.41, 5.74) is 2.31. The van der Waals surface area contributed by atoms with Crippen LogP contribution in [-0.4, -0.2) is 37.2 Å². The van der Waals surface area contributed by atoms with Gasteiger partial charge in [0.1, 0.15) is 6.34 Å². The first-order valence-electron chi connectivity index (χ1n) is 7.83. The number of rotatable bonds is 9. The summed E-state index contributed by atoms with van der Waals surface area (Å²) < 4.78 is 0. The molecule has 1 rings (SSSR count). The standard InChI is InChI=1S/C17H25ClN6/c1-5-14(3)17(21-16-9-7-15(18)8-10-16)11-12-24(4)23-22-20-13-19-6-2/h5-10,13,17,21H,11-12H2,1-4H3/b14-5+,19-6?,20-13-,23-22-. The lowest BCUT2D eigenvalue weighted by atomic mass is 10.0. The first-order valence-corrected chi connectivity index (χ1v) is 8.21. The number of nitrogens with one attached hydrogen (secondary N) is 1. The van der Waals surface area contributed by atoms with Gasteiger partial charge in [-0.3, -0.25) is 5.01 Å². The third kappa shape index (κ3) is 7.87. The quantitative estimate of drug-likeness (QED) is 0.229. The number of aliphatic imine (C=N–C) groups is 1. The lowest BCUT2D eigenvalue weighted by Gasteiger charge is -2.22. The third-order valence-electron chi connectivity index (χ3n) is 3.44. The highest BCUT2D eigenvalue weighted by Crippen LogP contribution is 2.18. The molecular formula is C17H25ClN6. The van der Waals surface area contributed by atoms with Crippen LogP contribution in [0.4, 0.5) is 5.69 Å². The predicted molar refractivity (Wildman–Crippen MR) is 103 cm³/mol. The van der Waals surface area contributed by atoms with Gasteiger partial charge in [0.15, 0.2) is 0 Å². The van der Waals surface area contributed by atoms with Gasteiger partial charge < -0.3 is 5.32 Å². The van der Waals surface area contributed by atoms with Gasteiger partial charge in [-0.1, -0.05) is 28.5 Å². The van der Waals surface area contributed by atoms with Crippen molar-refractivity contribution in [1.82, 2.24) is 5.01 Å². The van der Waals surface area contributed by atoms with Crippen molar-refractivity contribution >= 4 is 29.8 Å². The Morgan fingerprint density at radius 1 is 1.29 bits per heavy atom. The molecule has 24 heavy (non-hydrogen) atoms. The van der Waals surface area contributed by atoms with E-state index in [9.17, 15) is 0 Å². The topological polar surface area (TPSA) is 64.7 Å². The number of hydrogen-bond acceptors (Lipinski definition) is 3. The average molecular weight is 349 g/mol. The maximum atomic E-state index is 5.93. The average Bonchev–Trinajstić information content (AvgIpc) is 2.59. The van der Waals surface area contributed by atoms with Crippen molar-refractivity contribution in [3.05, 3.63) is 40.9 Å². The number of benzene rings is 1. The summed E-state index contributed by atoms with van der Waals surface area (Å²) in [5, 5.41) is 17.4. The Bertz CT molecular complexity index is 592. The largest absolute Gasteiger partial charge is 0.379 e. The van der Waals surface area contributed by atoms with E-state index in [1.807, 2.05) is 45.2 Å². The van der Waals surface area contributed by atoms with E-state index in [1.165, 1.54) is 11.9 Å². The molecule has 6 nitrogen and oxygen atoms in total. The molecule has 0 aliphatic heterocycles. The summed E-state index contributed by atoms with van der Waals surface area (Å²) >= 11 is 5.93. The van der Waals surface area contributed by atoms with Crippen LogP contribution in [0.25, 0.3) is 0 Å². The Hall–Kier alpha value is -2.21. The van der Waals surface area contributed by atoms with Gasteiger partial charge in [-0.15, -0.1) is 5.10 Å². The Labute approximate surface area is 149 Å². The Morgan fingerprint density at radius 3 is 2.62 bits per heavy atom. The molecule has 0 amide bonds. The van der Waals surface area contributed by atoms with Crippen LogP contribution >= 0.6 is 11.6 Å². The minimum atomic E-state index is 0.210. The van der Waals surface area contributed by atoms with Crippen LogP contribution in [-0.2, 0) is 0 Å². The van der Waals surface area contributed by atoms with Crippen molar-refractivity contribution in [1.29, 1.82) is 0 Å². The first-order chi connectivity index (χ1) is 11.6. The molecule has 0 spiro atoms. The highest BCUT2D eigenvalue weighted by molar-refractivity contribution is 6.30. The highest BCUT2D eigenvalue weighted by atomic mass is 35.5. The number of anilines is 1. The molecule has 1 N–H and O–H groups in total. The molecule has 0 aliphatic carbocycles. The van der Waals surface area contributed by atoms with Gasteiger partial charge >= 0.3 is 0 Å². The minimum absolute atomic E-state index is 0.210. The van der Waals surface area contributed by atoms with Gasteiger partial charge in [0.25, 0.3) is 0 Å². The van der Waals surface area contributed by atoms with Crippen LogP contribution < -0.4 is 5.32 Å². The fraction of sp³-hybridized carbons (Fsp3) is 0.412. The zero-order valence-electron chi connectivity index (χ0n) is 14.6. The van der Waals surface area contributed by atoms with Crippen LogP contribution in [0.2, 0.25) is 5.02 Å². The molecule has 1 atom stereocenters. The molecular weight excluding hydrogens is 324 g/mol. The second-order valence-corrected chi connectivity index (χ2v) is 5.66. The molecule has 0 aromatic heterocycles. The maximum absolute atomic E-state index is 5.93. The van der Waals surface area contributed by atoms with Crippen LogP contribution in [0, 0.1) is 0 Å². The van der Waals surface area contributed by atoms with E-state index in [0.717, 1.165) is 23.7 Å². The minimum Gasteiger partial charge on any atom is -0.379 e. The predicted octanol–water partition coefficient (Wildman–Crippen LogP) is 4.81. The van der Waals surface area contributed by atoms with Crippen LogP contribution in [0.3, 0.4) is 0 Å². The molecule has 0 aliphatic rings. The van der Waals surface area contributed by atoms with Gasteiger partial charge in [-0.05, 0) is 56.7 Å². The molecule has 130 valence electrons. The maximum Gasteiger partial charge on any atom is 0.139 e. The number of halogens is 1. The highest BCUT2D eigenvalue weighted by Gasteiger charge is 2.11. The Kier molecular flexibility index (Phi) is 9.38. The molecule has 0 saturated heterocycles. The Morgan fingerprint density at radius 2 is 2.00 bits per heavy atom. The molecule has 1 aromatic rings. The summed E-state index contributed by atoms with van der Waals surface area (Å²) in [4.78, 5) is 3.81. The van der Waals surface area contributed by atoms with Gasteiger partial charge in [0, 0.05) is 36.6 Å². The lowest BCUT2D eigenvalue weighted by molar-refractivity contribution is 0.318. The van der Waals surface area contributed by atoms with Crippen molar-refractivity contribution < 1.29 is 0 Å².